The number of methoxy groups -OCH3 is 2. The summed E-state index contributed by atoms with van der Waals surface area (Å²) in [6.07, 6.45) is 1.33. The minimum atomic E-state index is -0.847. The summed E-state index contributed by atoms with van der Waals surface area (Å²) in [6, 6.07) is 12.0. The number of nitriles is 1. The Kier molecular flexibility index (Phi) is 5.98. The van der Waals surface area contributed by atoms with Crippen molar-refractivity contribution in [3.63, 3.8) is 0 Å². The van der Waals surface area contributed by atoms with Gasteiger partial charge in [0, 0.05) is 0 Å². The fourth-order valence-electron chi connectivity index (χ4n) is 2.80. The van der Waals surface area contributed by atoms with Crippen LogP contribution < -0.4 is 24.4 Å². The maximum absolute atomic E-state index is 12.9. The Balaban J connectivity index is 1.97. The van der Waals surface area contributed by atoms with E-state index in [0.29, 0.717) is 17.1 Å². The highest BCUT2D eigenvalue weighted by atomic mass is 16.5. The molecule has 1 heterocycles. The Bertz CT molecular complexity index is 1070. The van der Waals surface area contributed by atoms with Crippen molar-refractivity contribution < 1.29 is 28.6 Å². The number of carbonyl (C=O) groups is 3. The van der Waals surface area contributed by atoms with Crippen LogP contribution in [0.4, 0.5) is 10.5 Å². The van der Waals surface area contributed by atoms with Gasteiger partial charge < -0.3 is 14.2 Å². The minimum absolute atomic E-state index is 0.199. The molecule has 1 fully saturated rings. The monoisotopic (exact) mass is 407 g/mol. The highest BCUT2D eigenvalue weighted by Gasteiger charge is 2.36. The number of barbiturate groups is 1. The molecule has 2 aromatic rings. The quantitative estimate of drug-likeness (QED) is 0.576. The summed E-state index contributed by atoms with van der Waals surface area (Å²) in [4.78, 5) is 38.4. The van der Waals surface area contributed by atoms with Crippen LogP contribution in [0.1, 0.15) is 5.56 Å². The van der Waals surface area contributed by atoms with E-state index < -0.39 is 17.8 Å². The molecule has 3 rings (SSSR count). The van der Waals surface area contributed by atoms with E-state index in [1.54, 1.807) is 24.3 Å². The normalized spacial score (nSPS) is 14.9. The molecular formula is C21H17N3O6. The van der Waals surface area contributed by atoms with Gasteiger partial charge in [0.1, 0.15) is 17.4 Å². The number of nitrogens with zero attached hydrogens (tertiary/aromatic N) is 2. The highest BCUT2D eigenvalue weighted by molar-refractivity contribution is 6.39. The van der Waals surface area contributed by atoms with Crippen LogP contribution in [0.25, 0.3) is 6.08 Å². The van der Waals surface area contributed by atoms with Crippen molar-refractivity contribution >= 4 is 29.6 Å². The predicted molar refractivity (Wildman–Crippen MR) is 106 cm³/mol. The predicted octanol–water partition coefficient (Wildman–Crippen LogP) is 2.27. The van der Waals surface area contributed by atoms with Gasteiger partial charge in [-0.05, 0) is 48.0 Å². The molecule has 0 spiro atoms. The number of rotatable bonds is 6. The van der Waals surface area contributed by atoms with Gasteiger partial charge in [-0.15, -0.1) is 0 Å². The first-order chi connectivity index (χ1) is 14.5. The number of hydrogen-bond donors (Lipinski definition) is 1. The Labute approximate surface area is 172 Å². The van der Waals surface area contributed by atoms with Crippen LogP contribution in [0.3, 0.4) is 0 Å². The van der Waals surface area contributed by atoms with Crippen molar-refractivity contribution in [1.29, 1.82) is 5.26 Å². The molecule has 0 aliphatic carbocycles. The molecule has 0 aromatic heterocycles. The van der Waals surface area contributed by atoms with Crippen LogP contribution in [0, 0.1) is 11.3 Å². The van der Waals surface area contributed by atoms with Crippen molar-refractivity contribution in [2.75, 3.05) is 25.7 Å². The first kappa shape index (κ1) is 20.4. The molecule has 4 amide bonds. The van der Waals surface area contributed by atoms with E-state index in [1.165, 1.54) is 38.5 Å². The van der Waals surface area contributed by atoms with Crippen LogP contribution in [-0.2, 0) is 9.59 Å². The first-order valence-electron chi connectivity index (χ1n) is 8.71. The molecule has 2 aromatic carbocycles. The third-order valence-corrected chi connectivity index (χ3v) is 4.22. The first-order valence-corrected chi connectivity index (χ1v) is 8.71. The van der Waals surface area contributed by atoms with Crippen molar-refractivity contribution in [3.8, 4) is 23.3 Å². The Morgan fingerprint density at radius 3 is 2.40 bits per heavy atom. The fourth-order valence-corrected chi connectivity index (χ4v) is 2.80. The lowest BCUT2D eigenvalue weighted by Crippen LogP contribution is -2.54. The zero-order chi connectivity index (χ0) is 21.7. The smallest absolute Gasteiger partial charge is 0.335 e. The molecule has 9 nitrogen and oxygen atoms in total. The van der Waals surface area contributed by atoms with Crippen molar-refractivity contribution in [2.45, 2.75) is 0 Å². The van der Waals surface area contributed by atoms with Gasteiger partial charge in [-0.3, -0.25) is 14.9 Å². The number of nitrogens with one attached hydrogen (secondary N) is 1. The molecule has 0 atom stereocenters. The molecule has 0 saturated carbocycles. The van der Waals surface area contributed by atoms with E-state index in [9.17, 15) is 14.4 Å². The summed E-state index contributed by atoms with van der Waals surface area (Å²) < 4.78 is 15.6. The van der Waals surface area contributed by atoms with Crippen molar-refractivity contribution in [2.24, 2.45) is 0 Å². The number of hydrogen-bond acceptors (Lipinski definition) is 7. The zero-order valence-corrected chi connectivity index (χ0v) is 16.2. The highest BCUT2D eigenvalue weighted by Crippen LogP contribution is 2.30. The lowest BCUT2D eigenvalue weighted by atomic mass is 10.1. The topological polar surface area (TPSA) is 118 Å². The third-order valence-electron chi connectivity index (χ3n) is 4.22. The molecular weight excluding hydrogens is 390 g/mol. The van der Waals surface area contributed by atoms with E-state index in [2.05, 4.69) is 5.32 Å². The maximum atomic E-state index is 12.9. The number of carbonyl (C=O) groups excluding carboxylic acids is 3. The summed E-state index contributed by atoms with van der Waals surface area (Å²) in [5, 5.41) is 10.9. The average molecular weight is 407 g/mol. The summed E-state index contributed by atoms with van der Waals surface area (Å²) in [7, 11) is 2.94. The van der Waals surface area contributed by atoms with Gasteiger partial charge in [0.2, 0.25) is 0 Å². The van der Waals surface area contributed by atoms with Gasteiger partial charge in [-0.25, -0.2) is 9.69 Å². The molecule has 9 heteroatoms. The SMILES string of the molecule is COc1ccc(N2C(=O)NC(=O)/C(=C/c3ccc(OC)c(OCC#N)c3)C2=O)cc1. The van der Waals surface area contributed by atoms with Gasteiger partial charge in [0.25, 0.3) is 11.8 Å². The van der Waals surface area contributed by atoms with Gasteiger partial charge in [-0.1, -0.05) is 6.07 Å². The largest absolute Gasteiger partial charge is 0.497 e. The molecule has 1 aliphatic rings. The number of imide groups is 2. The molecule has 1 saturated heterocycles. The minimum Gasteiger partial charge on any atom is -0.497 e. The zero-order valence-electron chi connectivity index (χ0n) is 16.2. The van der Waals surface area contributed by atoms with E-state index in [0.717, 1.165) is 4.90 Å². The number of ether oxygens (including phenoxy) is 3. The van der Waals surface area contributed by atoms with Gasteiger partial charge in [-0.2, -0.15) is 5.26 Å². The summed E-state index contributed by atoms with van der Waals surface area (Å²) in [6.45, 7) is -0.199. The van der Waals surface area contributed by atoms with E-state index in [1.807, 2.05) is 6.07 Å². The van der Waals surface area contributed by atoms with E-state index in [-0.39, 0.29) is 23.6 Å². The lowest BCUT2D eigenvalue weighted by Gasteiger charge is -2.26. The van der Waals surface area contributed by atoms with Crippen LogP contribution in [0.15, 0.2) is 48.0 Å². The number of anilines is 1. The number of benzene rings is 2. The summed E-state index contributed by atoms with van der Waals surface area (Å²) in [5.41, 5.74) is 0.498. The summed E-state index contributed by atoms with van der Waals surface area (Å²) in [5.74, 6) is -0.366. The van der Waals surface area contributed by atoms with Crippen molar-refractivity contribution in [3.05, 3.63) is 53.6 Å². The van der Waals surface area contributed by atoms with E-state index >= 15 is 0 Å². The van der Waals surface area contributed by atoms with Crippen LogP contribution in [0.5, 0.6) is 17.2 Å². The van der Waals surface area contributed by atoms with Crippen LogP contribution in [0.2, 0.25) is 0 Å². The van der Waals surface area contributed by atoms with Gasteiger partial charge >= 0.3 is 6.03 Å². The second-order valence-corrected chi connectivity index (χ2v) is 6.01. The van der Waals surface area contributed by atoms with Gasteiger partial charge in [0.05, 0.1) is 19.9 Å². The Morgan fingerprint density at radius 2 is 1.77 bits per heavy atom. The standard InChI is InChI=1S/C21H17N3O6/c1-28-15-6-4-14(5-7-15)24-20(26)16(19(25)23-21(24)27)11-13-3-8-17(29-2)18(12-13)30-10-9-22/h3-8,11-12H,10H2,1-2H3,(H,23,25,27)/b16-11-. The number of urea groups is 1. The molecule has 152 valence electrons. The molecule has 0 radical (unpaired) electrons. The second kappa shape index (κ2) is 8.79. The molecule has 1 N–H and O–H groups in total. The van der Waals surface area contributed by atoms with E-state index in [4.69, 9.17) is 19.5 Å². The molecule has 30 heavy (non-hydrogen) atoms. The second-order valence-electron chi connectivity index (χ2n) is 6.01. The number of amides is 4. The summed E-state index contributed by atoms with van der Waals surface area (Å²) >= 11 is 0. The van der Waals surface area contributed by atoms with Crippen LogP contribution >= 0.6 is 0 Å². The lowest BCUT2D eigenvalue weighted by molar-refractivity contribution is -0.122. The Morgan fingerprint density at radius 1 is 1.03 bits per heavy atom. The Hall–Kier alpha value is -4.32. The maximum Gasteiger partial charge on any atom is 0.335 e. The van der Waals surface area contributed by atoms with Crippen molar-refractivity contribution in [1.82, 2.24) is 5.32 Å². The molecule has 1 aliphatic heterocycles. The third kappa shape index (κ3) is 4.07. The van der Waals surface area contributed by atoms with Gasteiger partial charge in [0.15, 0.2) is 18.1 Å². The van der Waals surface area contributed by atoms with Crippen LogP contribution in [-0.4, -0.2) is 38.7 Å². The molecule has 0 bridgehead atoms. The average Bonchev–Trinajstić information content (AvgIpc) is 2.75. The molecule has 0 unspecified atom stereocenters. The fraction of sp³-hybridized carbons (Fsp3) is 0.143.